The SMILES string of the molecule is CCOC(=O)C(C(=O)OCC)c1ncnc2c1ncn2C1CCCCO1. The second kappa shape index (κ2) is 8.22. The number of imidazole rings is 1. The van der Waals surface area contributed by atoms with Gasteiger partial charge in [-0.2, -0.15) is 0 Å². The minimum absolute atomic E-state index is 0.146. The van der Waals surface area contributed by atoms with Gasteiger partial charge >= 0.3 is 11.9 Å². The highest BCUT2D eigenvalue weighted by atomic mass is 16.6. The quantitative estimate of drug-likeness (QED) is 0.565. The van der Waals surface area contributed by atoms with Crippen molar-refractivity contribution in [1.29, 1.82) is 0 Å². The van der Waals surface area contributed by atoms with Crippen LogP contribution in [0.15, 0.2) is 12.7 Å². The van der Waals surface area contributed by atoms with Crippen LogP contribution in [0.3, 0.4) is 0 Å². The minimum Gasteiger partial charge on any atom is -0.465 e. The van der Waals surface area contributed by atoms with Crippen molar-refractivity contribution in [2.45, 2.75) is 45.3 Å². The first-order chi connectivity index (χ1) is 12.7. The maximum absolute atomic E-state index is 12.4. The Labute approximate surface area is 150 Å². The summed E-state index contributed by atoms with van der Waals surface area (Å²) >= 11 is 0. The molecular weight excluding hydrogens is 340 g/mol. The van der Waals surface area contributed by atoms with E-state index in [1.54, 1.807) is 20.2 Å². The van der Waals surface area contributed by atoms with Crippen molar-refractivity contribution in [3.05, 3.63) is 18.3 Å². The van der Waals surface area contributed by atoms with Crippen LogP contribution < -0.4 is 0 Å². The van der Waals surface area contributed by atoms with Crippen LogP contribution in [-0.2, 0) is 23.8 Å². The molecule has 1 aliphatic heterocycles. The van der Waals surface area contributed by atoms with Crippen molar-refractivity contribution >= 4 is 23.1 Å². The predicted molar refractivity (Wildman–Crippen MR) is 90.2 cm³/mol. The molecule has 1 saturated heterocycles. The summed E-state index contributed by atoms with van der Waals surface area (Å²) in [6.07, 6.45) is 5.67. The molecule has 26 heavy (non-hydrogen) atoms. The van der Waals surface area contributed by atoms with Gasteiger partial charge in [-0.25, -0.2) is 15.0 Å². The van der Waals surface area contributed by atoms with Crippen LogP contribution >= 0.6 is 0 Å². The molecule has 0 bridgehead atoms. The summed E-state index contributed by atoms with van der Waals surface area (Å²) in [7, 11) is 0. The predicted octanol–water partition coefficient (Wildman–Crippen LogP) is 1.74. The number of carbonyl (C=O) groups is 2. The molecule has 140 valence electrons. The Morgan fingerprint density at radius 2 is 1.92 bits per heavy atom. The summed E-state index contributed by atoms with van der Waals surface area (Å²) in [5.41, 5.74) is 1.06. The standard InChI is InChI=1S/C17H22N4O5/c1-3-24-16(22)12(17(23)25-4-2)13-14-15(19-9-18-13)21(10-20-14)11-7-5-6-8-26-11/h9-12H,3-8H2,1-2H3. The van der Waals surface area contributed by atoms with E-state index in [1.807, 2.05) is 4.57 Å². The molecule has 3 heterocycles. The lowest BCUT2D eigenvalue weighted by Gasteiger charge is -2.23. The zero-order valence-corrected chi connectivity index (χ0v) is 14.9. The first kappa shape index (κ1) is 18.2. The van der Waals surface area contributed by atoms with Crippen molar-refractivity contribution in [1.82, 2.24) is 19.5 Å². The molecule has 1 atom stereocenters. The average Bonchev–Trinajstić information content (AvgIpc) is 3.08. The maximum atomic E-state index is 12.4. The van der Waals surface area contributed by atoms with E-state index in [2.05, 4.69) is 15.0 Å². The van der Waals surface area contributed by atoms with Crippen molar-refractivity contribution in [2.24, 2.45) is 0 Å². The molecule has 9 heteroatoms. The van der Waals surface area contributed by atoms with Crippen LogP contribution in [0.1, 0.15) is 50.9 Å². The van der Waals surface area contributed by atoms with Gasteiger partial charge in [0.1, 0.15) is 18.1 Å². The Kier molecular flexibility index (Phi) is 5.77. The van der Waals surface area contributed by atoms with Crippen LogP contribution in [0.4, 0.5) is 0 Å². The summed E-state index contributed by atoms with van der Waals surface area (Å²) in [5, 5.41) is 0. The summed E-state index contributed by atoms with van der Waals surface area (Å²) < 4.78 is 17.7. The Balaban J connectivity index is 2.03. The first-order valence-electron chi connectivity index (χ1n) is 8.79. The molecule has 1 fully saturated rings. The average molecular weight is 362 g/mol. The van der Waals surface area contributed by atoms with Crippen molar-refractivity contribution in [3.63, 3.8) is 0 Å². The number of aromatic nitrogens is 4. The van der Waals surface area contributed by atoms with Gasteiger partial charge < -0.3 is 14.2 Å². The van der Waals surface area contributed by atoms with Crippen molar-refractivity contribution < 1.29 is 23.8 Å². The van der Waals surface area contributed by atoms with Crippen LogP contribution in [0.5, 0.6) is 0 Å². The number of esters is 2. The van der Waals surface area contributed by atoms with E-state index in [4.69, 9.17) is 14.2 Å². The number of hydrogen-bond acceptors (Lipinski definition) is 8. The monoisotopic (exact) mass is 362 g/mol. The van der Waals surface area contributed by atoms with Gasteiger partial charge in [-0.3, -0.25) is 14.2 Å². The highest BCUT2D eigenvalue weighted by Crippen LogP contribution is 2.29. The van der Waals surface area contributed by atoms with Gasteiger partial charge in [0.05, 0.1) is 25.2 Å². The van der Waals surface area contributed by atoms with E-state index in [0.717, 1.165) is 19.3 Å². The molecular formula is C17H22N4O5. The number of fused-ring (bicyclic) bond motifs is 1. The number of rotatable bonds is 6. The Hall–Kier alpha value is -2.55. The molecule has 0 amide bonds. The lowest BCUT2D eigenvalue weighted by atomic mass is 10.0. The van der Waals surface area contributed by atoms with Gasteiger partial charge in [0.25, 0.3) is 0 Å². The smallest absolute Gasteiger partial charge is 0.326 e. The number of ether oxygens (including phenoxy) is 3. The molecule has 3 rings (SSSR count). The van der Waals surface area contributed by atoms with Gasteiger partial charge in [0.15, 0.2) is 11.6 Å². The fourth-order valence-corrected chi connectivity index (χ4v) is 3.01. The number of carbonyl (C=O) groups excluding carboxylic acids is 2. The Bertz CT molecular complexity index is 767. The molecule has 0 spiro atoms. The van der Waals surface area contributed by atoms with E-state index in [9.17, 15) is 9.59 Å². The van der Waals surface area contributed by atoms with Crippen molar-refractivity contribution in [2.75, 3.05) is 19.8 Å². The molecule has 2 aromatic heterocycles. The zero-order chi connectivity index (χ0) is 18.5. The molecule has 2 aromatic rings. The third kappa shape index (κ3) is 3.52. The summed E-state index contributed by atoms with van der Waals surface area (Å²) in [6, 6.07) is 0. The van der Waals surface area contributed by atoms with E-state index in [0.29, 0.717) is 17.8 Å². The van der Waals surface area contributed by atoms with E-state index in [-0.39, 0.29) is 25.1 Å². The van der Waals surface area contributed by atoms with E-state index < -0.39 is 17.9 Å². The third-order valence-corrected chi connectivity index (χ3v) is 4.17. The largest absolute Gasteiger partial charge is 0.465 e. The summed E-state index contributed by atoms with van der Waals surface area (Å²) in [6.45, 7) is 4.31. The topological polar surface area (TPSA) is 105 Å². The highest BCUT2D eigenvalue weighted by molar-refractivity contribution is 6.02. The Morgan fingerprint density at radius 1 is 1.19 bits per heavy atom. The highest BCUT2D eigenvalue weighted by Gasteiger charge is 2.36. The Morgan fingerprint density at radius 3 is 2.54 bits per heavy atom. The van der Waals surface area contributed by atoms with Crippen LogP contribution in [0.25, 0.3) is 11.2 Å². The van der Waals surface area contributed by atoms with Crippen LogP contribution in [0.2, 0.25) is 0 Å². The van der Waals surface area contributed by atoms with E-state index in [1.165, 1.54) is 6.33 Å². The third-order valence-electron chi connectivity index (χ3n) is 4.17. The molecule has 1 unspecified atom stereocenters. The zero-order valence-electron chi connectivity index (χ0n) is 14.9. The fraction of sp³-hybridized carbons (Fsp3) is 0.588. The number of hydrogen-bond donors (Lipinski definition) is 0. The second-order valence-corrected chi connectivity index (χ2v) is 5.84. The molecule has 0 radical (unpaired) electrons. The summed E-state index contributed by atoms with van der Waals surface area (Å²) in [4.78, 5) is 37.5. The van der Waals surface area contributed by atoms with Gasteiger partial charge in [0.2, 0.25) is 0 Å². The number of nitrogens with zero attached hydrogens (tertiary/aromatic N) is 4. The molecule has 0 saturated carbocycles. The van der Waals surface area contributed by atoms with Gasteiger partial charge in [0, 0.05) is 6.61 Å². The lowest BCUT2D eigenvalue weighted by Crippen LogP contribution is -2.27. The second-order valence-electron chi connectivity index (χ2n) is 5.84. The molecule has 0 aromatic carbocycles. The van der Waals surface area contributed by atoms with Gasteiger partial charge in [-0.1, -0.05) is 0 Å². The summed E-state index contributed by atoms with van der Waals surface area (Å²) in [5.74, 6) is -2.72. The van der Waals surface area contributed by atoms with Gasteiger partial charge in [-0.15, -0.1) is 0 Å². The maximum Gasteiger partial charge on any atom is 0.326 e. The lowest BCUT2D eigenvalue weighted by molar-refractivity contribution is -0.157. The molecule has 9 nitrogen and oxygen atoms in total. The molecule has 0 N–H and O–H groups in total. The van der Waals surface area contributed by atoms with E-state index >= 15 is 0 Å². The minimum atomic E-state index is -1.30. The molecule has 1 aliphatic rings. The first-order valence-corrected chi connectivity index (χ1v) is 8.79. The molecule has 0 aliphatic carbocycles. The van der Waals surface area contributed by atoms with Crippen molar-refractivity contribution in [3.8, 4) is 0 Å². The fourth-order valence-electron chi connectivity index (χ4n) is 3.01. The van der Waals surface area contributed by atoms with Gasteiger partial charge in [-0.05, 0) is 33.1 Å². The normalized spacial score (nSPS) is 17.4. The van der Waals surface area contributed by atoms with Crippen LogP contribution in [0, 0.1) is 0 Å². The van der Waals surface area contributed by atoms with Crippen LogP contribution in [-0.4, -0.2) is 51.3 Å².